The fourth-order valence-electron chi connectivity index (χ4n) is 2.06. The summed E-state index contributed by atoms with van der Waals surface area (Å²) in [6.07, 6.45) is 2.37. The third kappa shape index (κ3) is 2.40. The lowest BCUT2D eigenvalue weighted by Gasteiger charge is -2.39. The van der Waals surface area contributed by atoms with Gasteiger partial charge in [-0.2, -0.15) is 4.39 Å². The number of nitro groups is 1. The molecule has 102 valence electrons. The number of carbonyl (C=O) groups excluding carboxylic acids is 1. The standard InChI is InChI=1S/C12H12F2N2O3/c1-12(5-2-6-12)15-11(17)9-7(13)3-4-8(10(9)14)16(18)19/h3-4H,2,5-6H2,1H3,(H,15,17). The van der Waals surface area contributed by atoms with Crippen LogP contribution in [-0.4, -0.2) is 16.4 Å². The zero-order valence-electron chi connectivity index (χ0n) is 10.2. The Kier molecular flexibility index (Phi) is 3.21. The van der Waals surface area contributed by atoms with E-state index in [2.05, 4.69) is 5.32 Å². The Morgan fingerprint density at radius 3 is 2.53 bits per heavy atom. The summed E-state index contributed by atoms with van der Waals surface area (Å²) >= 11 is 0. The summed E-state index contributed by atoms with van der Waals surface area (Å²) in [6.45, 7) is 1.77. The summed E-state index contributed by atoms with van der Waals surface area (Å²) in [4.78, 5) is 21.4. The SMILES string of the molecule is CC1(NC(=O)c2c(F)ccc([N+](=O)[O-])c2F)CCC1. The topological polar surface area (TPSA) is 72.2 Å². The van der Waals surface area contributed by atoms with Crippen molar-refractivity contribution in [3.05, 3.63) is 39.4 Å². The Hall–Kier alpha value is -2.05. The number of benzene rings is 1. The molecule has 19 heavy (non-hydrogen) atoms. The Labute approximate surface area is 107 Å². The Bertz CT molecular complexity index is 556. The van der Waals surface area contributed by atoms with Gasteiger partial charge in [-0.1, -0.05) is 0 Å². The second-order valence-electron chi connectivity index (χ2n) is 4.88. The van der Waals surface area contributed by atoms with E-state index in [1.54, 1.807) is 6.92 Å². The Morgan fingerprint density at radius 2 is 2.05 bits per heavy atom. The van der Waals surface area contributed by atoms with Crippen LogP contribution in [0.2, 0.25) is 0 Å². The molecule has 0 unspecified atom stereocenters. The molecule has 1 N–H and O–H groups in total. The van der Waals surface area contributed by atoms with Crippen LogP contribution < -0.4 is 5.32 Å². The molecule has 1 fully saturated rings. The van der Waals surface area contributed by atoms with Gasteiger partial charge in [0.2, 0.25) is 5.82 Å². The van der Waals surface area contributed by atoms with Gasteiger partial charge in [0.15, 0.2) is 0 Å². The van der Waals surface area contributed by atoms with Gasteiger partial charge in [-0.15, -0.1) is 0 Å². The molecule has 0 aliphatic heterocycles. The van der Waals surface area contributed by atoms with Crippen LogP contribution in [0, 0.1) is 21.7 Å². The number of hydrogen-bond donors (Lipinski definition) is 1. The highest BCUT2D eigenvalue weighted by atomic mass is 19.1. The zero-order chi connectivity index (χ0) is 14.2. The quantitative estimate of drug-likeness (QED) is 0.677. The molecular weight excluding hydrogens is 258 g/mol. The molecule has 0 spiro atoms. The van der Waals surface area contributed by atoms with Crippen molar-refractivity contribution in [2.24, 2.45) is 0 Å². The van der Waals surface area contributed by atoms with Gasteiger partial charge in [0.25, 0.3) is 5.91 Å². The third-order valence-electron chi connectivity index (χ3n) is 3.37. The molecule has 1 aliphatic rings. The van der Waals surface area contributed by atoms with E-state index in [9.17, 15) is 23.7 Å². The average Bonchev–Trinajstić information content (AvgIpc) is 2.26. The number of rotatable bonds is 3. The number of halogens is 2. The molecule has 1 aromatic rings. The highest BCUT2D eigenvalue weighted by molar-refractivity contribution is 5.96. The van der Waals surface area contributed by atoms with E-state index in [0.717, 1.165) is 25.3 Å². The van der Waals surface area contributed by atoms with Crippen LogP contribution in [0.15, 0.2) is 12.1 Å². The molecule has 7 heteroatoms. The molecule has 0 radical (unpaired) electrons. The molecule has 0 bridgehead atoms. The fraction of sp³-hybridized carbons (Fsp3) is 0.417. The van der Waals surface area contributed by atoms with E-state index in [0.29, 0.717) is 6.07 Å². The van der Waals surface area contributed by atoms with Crippen LogP contribution in [0.3, 0.4) is 0 Å². The molecule has 1 aromatic carbocycles. The van der Waals surface area contributed by atoms with Crippen LogP contribution in [0.25, 0.3) is 0 Å². The number of carbonyl (C=O) groups is 1. The van der Waals surface area contributed by atoms with Crippen LogP contribution in [-0.2, 0) is 0 Å². The summed E-state index contributed by atoms with van der Waals surface area (Å²) in [5.74, 6) is -3.50. The van der Waals surface area contributed by atoms with E-state index in [1.807, 2.05) is 0 Å². The summed E-state index contributed by atoms with van der Waals surface area (Å²) in [6, 6.07) is 1.42. The van der Waals surface area contributed by atoms with Crippen LogP contribution in [0.4, 0.5) is 14.5 Å². The van der Waals surface area contributed by atoms with Gasteiger partial charge in [-0.05, 0) is 32.3 Å². The number of nitrogens with one attached hydrogen (secondary N) is 1. The van der Waals surface area contributed by atoms with Crippen molar-refractivity contribution in [3.8, 4) is 0 Å². The lowest BCUT2D eigenvalue weighted by molar-refractivity contribution is -0.387. The maximum atomic E-state index is 13.8. The van der Waals surface area contributed by atoms with Gasteiger partial charge < -0.3 is 5.32 Å². The van der Waals surface area contributed by atoms with Crippen molar-refractivity contribution in [1.29, 1.82) is 0 Å². The summed E-state index contributed by atoms with van der Waals surface area (Å²) < 4.78 is 27.3. The third-order valence-corrected chi connectivity index (χ3v) is 3.37. The van der Waals surface area contributed by atoms with E-state index >= 15 is 0 Å². The van der Waals surface area contributed by atoms with E-state index in [4.69, 9.17) is 0 Å². The van der Waals surface area contributed by atoms with Crippen LogP contribution in [0.1, 0.15) is 36.5 Å². The van der Waals surface area contributed by atoms with Gasteiger partial charge in [-0.25, -0.2) is 4.39 Å². The number of hydrogen-bond acceptors (Lipinski definition) is 3. The first kappa shape index (κ1) is 13.4. The minimum Gasteiger partial charge on any atom is -0.347 e. The first-order chi connectivity index (χ1) is 8.84. The largest absolute Gasteiger partial charge is 0.347 e. The molecule has 5 nitrogen and oxygen atoms in total. The minimum absolute atomic E-state index is 0.486. The van der Waals surface area contributed by atoms with E-state index in [1.165, 1.54) is 0 Å². The summed E-state index contributed by atoms with van der Waals surface area (Å²) in [5, 5.41) is 13.1. The molecule has 2 rings (SSSR count). The van der Waals surface area contributed by atoms with Gasteiger partial charge in [0, 0.05) is 11.6 Å². The fourth-order valence-corrected chi connectivity index (χ4v) is 2.06. The van der Waals surface area contributed by atoms with Gasteiger partial charge in [-0.3, -0.25) is 14.9 Å². The monoisotopic (exact) mass is 270 g/mol. The predicted octanol–water partition coefficient (Wildman–Crippen LogP) is 2.55. The van der Waals surface area contributed by atoms with E-state index in [-0.39, 0.29) is 0 Å². The first-order valence-electron chi connectivity index (χ1n) is 5.79. The van der Waals surface area contributed by atoms with Gasteiger partial charge in [0.05, 0.1) is 4.92 Å². The second kappa shape index (κ2) is 4.56. The van der Waals surface area contributed by atoms with Crippen LogP contribution >= 0.6 is 0 Å². The Morgan fingerprint density at radius 1 is 1.42 bits per heavy atom. The Balaban J connectivity index is 2.35. The summed E-state index contributed by atoms with van der Waals surface area (Å²) in [5.41, 5.74) is -2.30. The molecule has 0 saturated heterocycles. The minimum atomic E-state index is -1.44. The maximum Gasteiger partial charge on any atom is 0.305 e. The van der Waals surface area contributed by atoms with Crippen LogP contribution in [0.5, 0.6) is 0 Å². The van der Waals surface area contributed by atoms with E-state index < -0.39 is 39.3 Å². The predicted molar refractivity (Wildman–Crippen MR) is 62.7 cm³/mol. The zero-order valence-corrected chi connectivity index (χ0v) is 10.2. The average molecular weight is 270 g/mol. The van der Waals surface area contributed by atoms with Crippen molar-refractivity contribution < 1.29 is 18.5 Å². The molecule has 0 heterocycles. The highest BCUT2D eigenvalue weighted by Gasteiger charge is 2.35. The van der Waals surface area contributed by atoms with Crippen molar-refractivity contribution >= 4 is 11.6 Å². The number of nitro benzene ring substituents is 1. The van der Waals surface area contributed by atoms with Gasteiger partial charge in [0.1, 0.15) is 11.4 Å². The number of nitrogens with zero attached hydrogens (tertiary/aromatic N) is 1. The van der Waals surface area contributed by atoms with Crippen molar-refractivity contribution in [1.82, 2.24) is 5.32 Å². The molecular formula is C12H12F2N2O3. The lowest BCUT2D eigenvalue weighted by atomic mass is 9.78. The highest BCUT2D eigenvalue weighted by Crippen LogP contribution is 2.32. The number of amides is 1. The second-order valence-corrected chi connectivity index (χ2v) is 4.88. The smallest absolute Gasteiger partial charge is 0.305 e. The first-order valence-corrected chi connectivity index (χ1v) is 5.79. The maximum absolute atomic E-state index is 13.8. The molecule has 0 atom stereocenters. The van der Waals surface area contributed by atoms with Crippen molar-refractivity contribution in [2.45, 2.75) is 31.7 Å². The van der Waals surface area contributed by atoms with Gasteiger partial charge >= 0.3 is 5.69 Å². The normalized spacial score (nSPS) is 16.6. The molecule has 1 saturated carbocycles. The molecule has 0 aromatic heterocycles. The lowest BCUT2D eigenvalue weighted by Crippen LogP contribution is -2.51. The van der Waals surface area contributed by atoms with Crippen molar-refractivity contribution in [2.75, 3.05) is 0 Å². The molecule has 1 aliphatic carbocycles. The summed E-state index contributed by atoms with van der Waals surface area (Å²) in [7, 11) is 0. The van der Waals surface area contributed by atoms with Crippen molar-refractivity contribution in [3.63, 3.8) is 0 Å². The molecule has 1 amide bonds.